The molecule has 0 aromatic heterocycles. The van der Waals surface area contributed by atoms with Crippen LogP contribution in [0.1, 0.15) is 26.3 Å². The van der Waals surface area contributed by atoms with Crippen LogP contribution in [0.25, 0.3) is 0 Å². The monoisotopic (exact) mass is 252 g/mol. The number of hydrogen-bond donors (Lipinski definition) is 1. The number of nitrogens with zero attached hydrogens (tertiary/aromatic N) is 1. The molecule has 0 fully saturated rings. The van der Waals surface area contributed by atoms with E-state index in [4.69, 9.17) is 4.74 Å². The van der Waals surface area contributed by atoms with Gasteiger partial charge in [-0.1, -0.05) is 26.8 Å². The van der Waals surface area contributed by atoms with Crippen molar-refractivity contribution in [3.8, 4) is 5.75 Å². The number of aryl methyl sites for hydroxylation is 1. The topological polar surface area (TPSA) is 64.4 Å². The Morgan fingerprint density at radius 1 is 1.44 bits per heavy atom. The molecule has 5 heteroatoms. The molecule has 0 radical (unpaired) electrons. The van der Waals surface area contributed by atoms with E-state index in [1.54, 1.807) is 12.1 Å². The van der Waals surface area contributed by atoms with E-state index >= 15 is 0 Å². The molecule has 1 aromatic rings. The second-order valence-electron chi connectivity index (χ2n) is 4.37. The first-order chi connectivity index (χ1) is 8.54. The average molecular weight is 252 g/mol. The maximum Gasteiger partial charge on any atom is 0.311 e. The third-order valence-electron chi connectivity index (χ3n) is 2.54. The Balaban J connectivity index is 2.67. The summed E-state index contributed by atoms with van der Waals surface area (Å²) < 4.78 is 5.44. The number of nitro benzene ring substituents is 1. The highest BCUT2D eigenvalue weighted by Gasteiger charge is 2.15. The molecule has 0 heterocycles. The summed E-state index contributed by atoms with van der Waals surface area (Å²) in [4.78, 5) is 10.5. The van der Waals surface area contributed by atoms with Gasteiger partial charge in [0, 0.05) is 18.7 Å². The molecule has 18 heavy (non-hydrogen) atoms. The van der Waals surface area contributed by atoms with Crippen LogP contribution in [-0.4, -0.2) is 24.1 Å². The summed E-state index contributed by atoms with van der Waals surface area (Å²) in [5.74, 6) is 0.336. The smallest absolute Gasteiger partial charge is 0.311 e. The summed E-state index contributed by atoms with van der Waals surface area (Å²) in [6.07, 6.45) is 0.774. The van der Waals surface area contributed by atoms with Gasteiger partial charge in [0.05, 0.1) is 4.92 Å². The zero-order valence-electron chi connectivity index (χ0n) is 11.1. The minimum Gasteiger partial charge on any atom is -0.485 e. The van der Waals surface area contributed by atoms with Crippen molar-refractivity contribution in [1.82, 2.24) is 5.32 Å². The van der Waals surface area contributed by atoms with E-state index < -0.39 is 4.92 Å². The Labute approximate surface area is 107 Å². The van der Waals surface area contributed by atoms with Crippen LogP contribution in [-0.2, 0) is 6.42 Å². The predicted molar refractivity (Wildman–Crippen MR) is 71.1 cm³/mol. The lowest BCUT2D eigenvalue weighted by molar-refractivity contribution is -0.385. The molecule has 100 valence electrons. The van der Waals surface area contributed by atoms with Crippen molar-refractivity contribution in [2.24, 2.45) is 0 Å². The minimum absolute atomic E-state index is 0.0406. The van der Waals surface area contributed by atoms with Crippen molar-refractivity contribution < 1.29 is 9.66 Å². The van der Waals surface area contributed by atoms with E-state index in [9.17, 15) is 10.1 Å². The van der Waals surface area contributed by atoms with E-state index in [-0.39, 0.29) is 5.69 Å². The van der Waals surface area contributed by atoms with Gasteiger partial charge in [-0.15, -0.1) is 0 Å². The maximum absolute atomic E-state index is 10.9. The molecule has 0 saturated carbocycles. The molecule has 1 aromatic carbocycles. The highest BCUT2D eigenvalue weighted by atomic mass is 16.6. The molecule has 0 bridgehead atoms. The predicted octanol–water partition coefficient (Wildman–Crippen LogP) is 2.53. The second kappa shape index (κ2) is 6.96. The molecular weight excluding hydrogens is 232 g/mol. The normalized spacial score (nSPS) is 10.7. The van der Waals surface area contributed by atoms with Crippen molar-refractivity contribution >= 4 is 5.69 Å². The maximum atomic E-state index is 10.9. The minimum atomic E-state index is -0.398. The Bertz CT molecular complexity index is 405. The fourth-order valence-electron chi connectivity index (χ4n) is 1.56. The zero-order valence-corrected chi connectivity index (χ0v) is 11.1. The summed E-state index contributed by atoms with van der Waals surface area (Å²) in [5, 5.41) is 14.1. The van der Waals surface area contributed by atoms with E-state index in [0.29, 0.717) is 24.9 Å². The highest BCUT2D eigenvalue weighted by molar-refractivity contribution is 5.48. The first-order valence-corrected chi connectivity index (χ1v) is 6.18. The fraction of sp³-hybridized carbons (Fsp3) is 0.538. The molecule has 0 unspecified atom stereocenters. The van der Waals surface area contributed by atoms with Gasteiger partial charge in [0.15, 0.2) is 5.75 Å². The molecule has 0 aliphatic rings. The summed E-state index contributed by atoms with van der Waals surface area (Å²) in [5.41, 5.74) is 0.980. The van der Waals surface area contributed by atoms with Gasteiger partial charge in [-0.3, -0.25) is 10.1 Å². The summed E-state index contributed by atoms with van der Waals surface area (Å²) in [6.45, 7) is 7.14. The summed E-state index contributed by atoms with van der Waals surface area (Å²) in [7, 11) is 0. The molecule has 0 aliphatic heterocycles. The molecule has 0 spiro atoms. The second-order valence-corrected chi connectivity index (χ2v) is 4.37. The van der Waals surface area contributed by atoms with Gasteiger partial charge < -0.3 is 10.1 Å². The number of ether oxygens (including phenoxy) is 1. The molecular formula is C13H20N2O3. The van der Waals surface area contributed by atoms with E-state index in [2.05, 4.69) is 5.32 Å². The lowest BCUT2D eigenvalue weighted by Gasteiger charge is -2.10. The van der Waals surface area contributed by atoms with Crippen LogP contribution in [0.3, 0.4) is 0 Å². The Kier molecular flexibility index (Phi) is 5.58. The molecule has 0 aliphatic carbocycles. The lowest BCUT2D eigenvalue weighted by atomic mass is 10.1. The SMILES string of the molecule is CCc1ccc(OCCNC(C)C)c([N+](=O)[O-])c1. The van der Waals surface area contributed by atoms with Crippen molar-refractivity contribution in [3.63, 3.8) is 0 Å². The van der Waals surface area contributed by atoms with Crippen LogP contribution in [0.4, 0.5) is 5.69 Å². The van der Waals surface area contributed by atoms with Crippen LogP contribution in [0, 0.1) is 10.1 Å². The van der Waals surface area contributed by atoms with Crippen LogP contribution in [0.2, 0.25) is 0 Å². The standard InChI is InChI=1S/C13H20N2O3/c1-4-11-5-6-13(12(9-11)15(16)17)18-8-7-14-10(2)3/h5-6,9-10,14H,4,7-8H2,1-3H3. The first kappa shape index (κ1) is 14.4. The first-order valence-electron chi connectivity index (χ1n) is 6.18. The Morgan fingerprint density at radius 2 is 2.17 bits per heavy atom. The van der Waals surface area contributed by atoms with Gasteiger partial charge in [0.1, 0.15) is 6.61 Å². The highest BCUT2D eigenvalue weighted by Crippen LogP contribution is 2.27. The molecule has 1 N–H and O–H groups in total. The quantitative estimate of drug-likeness (QED) is 0.460. The molecule has 0 atom stereocenters. The Morgan fingerprint density at radius 3 is 2.72 bits per heavy atom. The lowest BCUT2D eigenvalue weighted by Crippen LogP contribution is -2.27. The molecule has 0 saturated heterocycles. The largest absolute Gasteiger partial charge is 0.485 e. The van der Waals surface area contributed by atoms with Crippen molar-refractivity contribution in [1.29, 1.82) is 0 Å². The summed E-state index contributed by atoms with van der Waals surface area (Å²) >= 11 is 0. The van der Waals surface area contributed by atoms with Crippen molar-refractivity contribution in [2.45, 2.75) is 33.2 Å². The zero-order chi connectivity index (χ0) is 13.5. The fourth-order valence-corrected chi connectivity index (χ4v) is 1.56. The van der Waals surface area contributed by atoms with Crippen molar-refractivity contribution in [2.75, 3.05) is 13.2 Å². The van der Waals surface area contributed by atoms with E-state index in [1.165, 1.54) is 0 Å². The molecule has 0 amide bonds. The van der Waals surface area contributed by atoms with E-state index in [1.807, 2.05) is 26.8 Å². The Hall–Kier alpha value is -1.62. The average Bonchev–Trinajstić information content (AvgIpc) is 2.34. The van der Waals surface area contributed by atoms with Gasteiger partial charge in [-0.25, -0.2) is 0 Å². The van der Waals surface area contributed by atoms with Crippen LogP contribution in [0.5, 0.6) is 5.75 Å². The number of rotatable bonds is 7. The van der Waals surface area contributed by atoms with Gasteiger partial charge in [-0.2, -0.15) is 0 Å². The number of nitro groups is 1. The number of nitrogens with one attached hydrogen (secondary N) is 1. The van der Waals surface area contributed by atoms with Crippen molar-refractivity contribution in [3.05, 3.63) is 33.9 Å². The molecule has 1 rings (SSSR count). The van der Waals surface area contributed by atoms with Gasteiger partial charge in [0.25, 0.3) is 0 Å². The third-order valence-corrected chi connectivity index (χ3v) is 2.54. The van der Waals surface area contributed by atoms with Crippen LogP contribution in [0.15, 0.2) is 18.2 Å². The van der Waals surface area contributed by atoms with Gasteiger partial charge in [0.2, 0.25) is 0 Å². The van der Waals surface area contributed by atoms with Gasteiger partial charge >= 0.3 is 5.69 Å². The van der Waals surface area contributed by atoms with Crippen LogP contribution < -0.4 is 10.1 Å². The number of benzene rings is 1. The van der Waals surface area contributed by atoms with E-state index in [0.717, 1.165) is 12.0 Å². The number of hydrogen-bond acceptors (Lipinski definition) is 4. The third kappa shape index (κ3) is 4.33. The molecule has 5 nitrogen and oxygen atoms in total. The van der Waals surface area contributed by atoms with Crippen LogP contribution >= 0.6 is 0 Å². The van der Waals surface area contributed by atoms with Gasteiger partial charge in [-0.05, 0) is 18.1 Å². The summed E-state index contributed by atoms with van der Waals surface area (Å²) in [6, 6.07) is 5.49.